The Morgan fingerprint density at radius 1 is 1.12 bits per heavy atom. The fraction of sp³-hybridized carbons (Fsp3) is 0.474. The van der Waals surface area contributed by atoms with Gasteiger partial charge in [0.2, 0.25) is 0 Å². The largest absolute Gasteiger partial charge is 0.333 e. The first-order valence-electron chi connectivity index (χ1n) is 8.94. The van der Waals surface area contributed by atoms with Gasteiger partial charge in [-0.3, -0.25) is 9.36 Å². The van der Waals surface area contributed by atoms with Crippen LogP contribution in [0.25, 0.3) is 5.69 Å². The first-order valence-corrected chi connectivity index (χ1v) is 8.94. The first-order chi connectivity index (χ1) is 12.1. The number of hydrogen-bond acceptors (Lipinski definition) is 3. The summed E-state index contributed by atoms with van der Waals surface area (Å²) in [6, 6.07) is 6.86. The van der Waals surface area contributed by atoms with Crippen LogP contribution in [0.4, 0.5) is 4.39 Å². The molecule has 25 heavy (non-hydrogen) atoms. The van der Waals surface area contributed by atoms with Crippen molar-refractivity contribution in [1.29, 1.82) is 0 Å². The van der Waals surface area contributed by atoms with Crippen LogP contribution in [-0.2, 0) is 0 Å². The van der Waals surface area contributed by atoms with Gasteiger partial charge in [-0.25, -0.2) is 9.37 Å². The van der Waals surface area contributed by atoms with E-state index >= 15 is 0 Å². The Morgan fingerprint density at radius 2 is 1.84 bits per heavy atom. The summed E-state index contributed by atoms with van der Waals surface area (Å²) in [6.07, 6.45) is 7.69. The molecule has 4 rings (SSSR count). The van der Waals surface area contributed by atoms with E-state index in [2.05, 4.69) is 16.9 Å². The van der Waals surface area contributed by atoms with Gasteiger partial charge >= 0.3 is 0 Å². The summed E-state index contributed by atoms with van der Waals surface area (Å²) in [7, 11) is 2.15. The molecule has 1 amide bonds. The number of carbonyl (C=O) groups is 1. The van der Waals surface area contributed by atoms with Gasteiger partial charge in [0.25, 0.3) is 5.91 Å². The van der Waals surface area contributed by atoms with Crippen molar-refractivity contribution in [2.75, 3.05) is 20.1 Å². The van der Waals surface area contributed by atoms with Gasteiger partial charge in [-0.15, -0.1) is 0 Å². The van der Waals surface area contributed by atoms with E-state index in [1.807, 2.05) is 4.90 Å². The van der Waals surface area contributed by atoms with Crippen LogP contribution in [0.5, 0.6) is 0 Å². The van der Waals surface area contributed by atoms with Crippen molar-refractivity contribution in [3.8, 4) is 5.69 Å². The molecule has 5 nitrogen and oxygen atoms in total. The van der Waals surface area contributed by atoms with Gasteiger partial charge in [0.05, 0.1) is 12.5 Å². The average Bonchev–Trinajstić information content (AvgIpc) is 3.34. The Balaban J connectivity index is 1.61. The molecule has 3 heterocycles. The Morgan fingerprint density at radius 3 is 2.56 bits per heavy atom. The third-order valence-electron chi connectivity index (χ3n) is 5.54. The number of hydrogen-bond donors (Lipinski definition) is 0. The number of halogens is 1. The SMILES string of the molecule is CN1CCC[C@H]1[C@H]1CCCN1C(=O)c1cncn1-c1ccc(F)cc1. The summed E-state index contributed by atoms with van der Waals surface area (Å²) in [5.74, 6) is -0.273. The summed E-state index contributed by atoms with van der Waals surface area (Å²) >= 11 is 0. The van der Waals surface area contributed by atoms with Gasteiger partial charge < -0.3 is 9.80 Å². The smallest absolute Gasteiger partial charge is 0.272 e. The molecule has 2 aromatic rings. The van der Waals surface area contributed by atoms with Gasteiger partial charge in [0, 0.05) is 24.3 Å². The predicted molar refractivity (Wildman–Crippen MR) is 93.2 cm³/mol. The molecule has 0 aliphatic carbocycles. The maximum atomic E-state index is 13.2. The highest BCUT2D eigenvalue weighted by atomic mass is 19.1. The van der Waals surface area contributed by atoms with Gasteiger partial charge in [0.1, 0.15) is 11.5 Å². The Bertz CT molecular complexity index is 757. The van der Waals surface area contributed by atoms with E-state index in [9.17, 15) is 9.18 Å². The van der Waals surface area contributed by atoms with Crippen molar-refractivity contribution in [2.45, 2.75) is 37.8 Å². The lowest BCUT2D eigenvalue weighted by molar-refractivity contribution is 0.0656. The van der Waals surface area contributed by atoms with E-state index < -0.39 is 0 Å². The van der Waals surface area contributed by atoms with Crippen molar-refractivity contribution in [1.82, 2.24) is 19.4 Å². The molecular formula is C19H23FN4O. The lowest BCUT2D eigenvalue weighted by Crippen LogP contribution is -2.47. The molecule has 1 aromatic heterocycles. The molecule has 132 valence electrons. The fourth-order valence-electron chi connectivity index (χ4n) is 4.27. The minimum Gasteiger partial charge on any atom is -0.333 e. The molecule has 2 aliphatic rings. The summed E-state index contributed by atoms with van der Waals surface area (Å²) in [5, 5.41) is 0. The van der Waals surface area contributed by atoms with E-state index in [-0.39, 0.29) is 17.8 Å². The van der Waals surface area contributed by atoms with Gasteiger partial charge in [-0.2, -0.15) is 0 Å². The summed E-state index contributed by atoms with van der Waals surface area (Å²) in [6.45, 7) is 1.90. The first kappa shape index (κ1) is 16.3. The molecule has 2 aliphatic heterocycles. The molecule has 6 heteroatoms. The van der Waals surface area contributed by atoms with E-state index in [1.165, 1.54) is 18.6 Å². The van der Waals surface area contributed by atoms with E-state index in [4.69, 9.17) is 0 Å². The highest BCUT2D eigenvalue weighted by Crippen LogP contribution is 2.30. The van der Waals surface area contributed by atoms with Crippen molar-refractivity contribution in [3.05, 3.63) is 48.3 Å². The molecule has 2 fully saturated rings. The molecule has 0 unspecified atom stereocenters. The molecule has 0 saturated carbocycles. The van der Waals surface area contributed by atoms with Crippen LogP contribution in [0.1, 0.15) is 36.2 Å². The quantitative estimate of drug-likeness (QED) is 0.861. The predicted octanol–water partition coefficient (Wildman–Crippen LogP) is 2.71. The van der Waals surface area contributed by atoms with E-state index in [1.54, 1.807) is 29.2 Å². The zero-order valence-electron chi connectivity index (χ0n) is 14.4. The van der Waals surface area contributed by atoms with Crippen LogP contribution in [-0.4, -0.2) is 57.5 Å². The fourth-order valence-corrected chi connectivity index (χ4v) is 4.27. The normalized spacial score (nSPS) is 24.2. The number of likely N-dealkylation sites (tertiary alicyclic amines) is 2. The number of rotatable bonds is 3. The molecule has 1 aromatic carbocycles. The van der Waals surface area contributed by atoms with Crippen LogP contribution in [0.2, 0.25) is 0 Å². The third-order valence-corrected chi connectivity index (χ3v) is 5.54. The maximum absolute atomic E-state index is 13.2. The molecule has 0 radical (unpaired) electrons. The number of carbonyl (C=O) groups excluding carboxylic acids is 1. The Labute approximate surface area is 147 Å². The number of aromatic nitrogens is 2. The molecule has 0 spiro atoms. The average molecular weight is 342 g/mol. The second kappa shape index (κ2) is 6.59. The molecule has 0 N–H and O–H groups in total. The number of benzene rings is 1. The minimum atomic E-state index is -0.291. The summed E-state index contributed by atoms with van der Waals surface area (Å²) < 4.78 is 14.9. The Hall–Kier alpha value is -2.21. The molecular weight excluding hydrogens is 319 g/mol. The third kappa shape index (κ3) is 2.95. The van der Waals surface area contributed by atoms with E-state index in [0.717, 1.165) is 38.0 Å². The number of imidazole rings is 1. The second-order valence-corrected chi connectivity index (χ2v) is 7.02. The van der Waals surface area contributed by atoms with Crippen LogP contribution in [0, 0.1) is 5.82 Å². The van der Waals surface area contributed by atoms with Gasteiger partial charge in [-0.1, -0.05) is 0 Å². The van der Waals surface area contributed by atoms with Gasteiger partial charge in [0.15, 0.2) is 0 Å². The van der Waals surface area contributed by atoms with Crippen molar-refractivity contribution in [2.24, 2.45) is 0 Å². The minimum absolute atomic E-state index is 0.0182. The molecule has 2 atom stereocenters. The van der Waals surface area contributed by atoms with Crippen molar-refractivity contribution in [3.63, 3.8) is 0 Å². The second-order valence-electron chi connectivity index (χ2n) is 7.02. The maximum Gasteiger partial charge on any atom is 0.272 e. The zero-order chi connectivity index (χ0) is 17.4. The number of likely N-dealkylation sites (N-methyl/N-ethyl adjacent to an activating group) is 1. The molecule has 2 saturated heterocycles. The lowest BCUT2D eigenvalue weighted by Gasteiger charge is -2.33. The summed E-state index contributed by atoms with van der Waals surface area (Å²) in [5.41, 5.74) is 1.29. The standard InChI is InChI=1S/C19H23FN4O/c1-22-10-2-4-16(22)17-5-3-11-23(17)19(25)18-12-21-13-24(18)15-8-6-14(20)7-9-15/h6-9,12-13,16-17H,2-5,10-11H2,1H3/t16-,17+/m0/s1. The Kier molecular flexibility index (Phi) is 4.29. The van der Waals surface area contributed by atoms with Crippen LogP contribution >= 0.6 is 0 Å². The van der Waals surface area contributed by atoms with E-state index in [0.29, 0.717) is 11.7 Å². The lowest BCUT2D eigenvalue weighted by atomic mass is 10.0. The monoisotopic (exact) mass is 342 g/mol. The molecule has 0 bridgehead atoms. The summed E-state index contributed by atoms with van der Waals surface area (Å²) in [4.78, 5) is 21.8. The number of nitrogens with zero attached hydrogens (tertiary/aromatic N) is 4. The number of amides is 1. The van der Waals surface area contributed by atoms with Crippen molar-refractivity contribution < 1.29 is 9.18 Å². The highest BCUT2D eigenvalue weighted by Gasteiger charge is 2.39. The highest BCUT2D eigenvalue weighted by molar-refractivity contribution is 5.93. The zero-order valence-corrected chi connectivity index (χ0v) is 14.4. The van der Waals surface area contributed by atoms with Crippen molar-refractivity contribution >= 4 is 5.91 Å². The van der Waals surface area contributed by atoms with Crippen LogP contribution in [0.3, 0.4) is 0 Å². The van der Waals surface area contributed by atoms with Crippen LogP contribution in [0.15, 0.2) is 36.8 Å². The topological polar surface area (TPSA) is 41.4 Å². The van der Waals surface area contributed by atoms with Gasteiger partial charge in [-0.05, 0) is 63.5 Å². The van der Waals surface area contributed by atoms with Crippen LogP contribution < -0.4 is 0 Å².